The molecule has 4 rings (SSSR count). The van der Waals surface area contributed by atoms with E-state index in [1.165, 1.54) is 24.3 Å². The van der Waals surface area contributed by atoms with Gasteiger partial charge in [-0.3, -0.25) is 19.8 Å². The molecule has 0 unspecified atom stereocenters. The number of methoxy groups -OCH3 is 1. The second-order valence-electron chi connectivity index (χ2n) is 7.25. The van der Waals surface area contributed by atoms with Crippen LogP contribution in [-0.2, 0) is 9.47 Å². The average Bonchev–Trinajstić information content (AvgIpc) is 3.49. The van der Waals surface area contributed by atoms with Gasteiger partial charge >= 0.3 is 12.0 Å². The summed E-state index contributed by atoms with van der Waals surface area (Å²) in [5, 5.41) is 13.6. The van der Waals surface area contributed by atoms with Crippen LogP contribution < -0.4 is 15.1 Å². The monoisotopic (exact) mass is 488 g/mol. The van der Waals surface area contributed by atoms with Gasteiger partial charge in [-0.1, -0.05) is 0 Å². The number of carbonyl (C=O) groups is 2. The van der Waals surface area contributed by atoms with Gasteiger partial charge in [0.15, 0.2) is 5.76 Å². The molecule has 2 aromatic rings. The quantitative estimate of drug-likeness (QED) is 0.374. The van der Waals surface area contributed by atoms with E-state index in [1.54, 1.807) is 23.2 Å². The number of thiocarbonyl (C=S) groups is 1. The first-order valence-electron chi connectivity index (χ1n) is 10.1. The van der Waals surface area contributed by atoms with Crippen molar-refractivity contribution in [3.8, 4) is 0 Å². The lowest BCUT2D eigenvalue weighted by Crippen LogP contribution is -2.49. The third-order valence-corrected chi connectivity index (χ3v) is 5.49. The summed E-state index contributed by atoms with van der Waals surface area (Å²) in [4.78, 5) is 44.2. The Hall–Kier alpha value is -4.20. The number of nitrogens with zero attached hydrogens (tertiary/aromatic N) is 5. The van der Waals surface area contributed by atoms with Gasteiger partial charge in [0, 0.05) is 32.4 Å². The Balaban J connectivity index is 1.33. The van der Waals surface area contributed by atoms with Gasteiger partial charge in [0.05, 0.1) is 31.6 Å². The van der Waals surface area contributed by atoms with Crippen molar-refractivity contribution in [2.45, 2.75) is 0 Å². The van der Waals surface area contributed by atoms with Crippen LogP contribution in [0.25, 0.3) is 0 Å². The van der Waals surface area contributed by atoms with Crippen molar-refractivity contribution in [3.05, 3.63) is 58.3 Å². The van der Waals surface area contributed by atoms with Gasteiger partial charge in [0.2, 0.25) is 0 Å². The minimum atomic E-state index is -0.684. The molecule has 2 aromatic heterocycles. The van der Waals surface area contributed by atoms with Crippen molar-refractivity contribution >= 4 is 46.8 Å². The molecule has 2 aliphatic heterocycles. The Kier molecular flexibility index (Phi) is 6.58. The second-order valence-corrected chi connectivity index (χ2v) is 7.62. The van der Waals surface area contributed by atoms with Gasteiger partial charge in [-0.25, -0.2) is 9.78 Å². The minimum Gasteiger partial charge on any atom is -0.474 e. The number of aromatic nitrogens is 1. The van der Waals surface area contributed by atoms with Gasteiger partial charge in [-0.05, 0) is 30.4 Å². The van der Waals surface area contributed by atoms with Crippen LogP contribution in [0.3, 0.4) is 0 Å². The summed E-state index contributed by atoms with van der Waals surface area (Å²) < 4.78 is 15.0. The fourth-order valence-corrected chi connectivity index (χ4v) is 3.51. The Labute approximate surface area is 198 Å². The summed E-state index contributed by atoms with van der Waals surface area (Å²) in [7, 11) is 1.43. The fourth-order valence-electron chi connectivity index (χ4n) is 3.45. The van der Waals surface area contributed by atoms with E-state index in [9.17, 15) is 19.7 Å². The molecule has 2 saturated heterocycles. The van der Waals surface area contributed by atoms with Crippen LogP contribution in [0.1, 0.15) is 10.6 Å². The molecule has 4 heterocycles. The highest BCUT2D eigenvalue weighted by atomic mass is 32.1. The molecule has 1 N–H and O–H groups in total. The Morgan fingerprint density at radius 3 is 2.65 bits per heavy atom. The summed E-state index contributed by atoms with van der Waals surface area (Å²) in [6.45, 7) is 2.06. The molecule has 34 heavy (non-hydrogen) atoms. The number of pyridine rings is 1. The average molecular weight is 488 g/mol. The number of furan rings is 1. The smallest absolute Gasteiger partial charge is 0.433 e. The van der Waals surface area contributed by atoms with Gasteiger partial charge in [-0.15, -0.1) is 0 Å². The second kappa shape index (κ2) is 9.74. The van der Waals surface area contributed by atoms with E-state index in [2.05, 4.69) is 10.3 Å². The number of carbonyl (C=O) groups excluding carboxylic acids is 2. The van der Waals surface area contributed by atoms with E-state index in [-0.39, 0.29) is 17.5 Å². The largest absolute Gasteiger partial charge is 0.474 e. The standard InChI is InChI=1S/C20H20N6O7S/c1-31-19(34)22-11-14-12-25(20(28)32-14)13-2-4-16(21-10-13)23-6-8-24(9-7-23)18(27)15-3-5-17(33-15)26(29)30/h2-5,10-11H,6-9,12H2,1H3,(H,22,34)/b14-11-. The van der Waals surface area contributed by atoms with Crippen molar-refractivity contribution in [3.63, 3.8) is 0 Å². The predicted octanol–water partition coefficient (Wildman–Crippen LogP) is 1.86. The summed E-state index contributed by atoms with van der Waals surface area (Å²) in [5.74, 6) is 0.155. The lowest BCUT2D eigenvalue weighted by atomic mass is 10.2. The first-order valence-corrected chi connectivity index (χ1v) is 10.5. The number of ether oxygens (including phenoxy) is 2. The zero-order valence-electron chi connectivity index (χ0n) is 18.0. The third kappa shape index (κ3) is 4.91. The first kappa shape index (κ1) is 23.0. The molecule has 2 amide bonds. The van der Waals surface area contributed by atoms with Crippen molar-refractivity contribution in [1.82, 2.24) is 15.2 Å². The van der Waals surface area contributed by atoms with Crippen LogP contribution in [0.5, 0.6) is 0 Å². The van der Waals surface area contributed by atoms with Crippen LogP contribution in [-0.4, -0.2) is 71.8 Å². The molecule has 0 bridgehead atoms. The molecule has 13 nitrogen and oxygen atoms in total. The van der Waals surface area contributed by atoms with Gasteiger partial charge < -0.3 is 29.0 Å². The number of hydrogen-bond donors (Lipinski definition) is 1. The topological polar surface area (TPSA) is 144 Å². The molecule has 178 valence electrons. The van der Waals surface area contributed by atoms with E-state index in [0.717, 1.165) is 6.07 Å². The molecule has 0 aromatic carbocycles. The maximum atomic E-state index is 12.5. The molecule has 0 atom stereocenters. The fraction of sp³-hybridized carbons (Fsp3) is 0.300. The lowest BCUT2D eigenvalue weighted by molar-refractivity contribution is -0.402. The molecule has 0 aliphatic carbocycles. The number of amides is 2. The molecule has 2 fully saturated rings. The molecule has 0 saturated carbocycles. The Morgan fingerprint density at radius 1 is 1.26 bits per heavy atom. The summed E-state index contributed by atoms with van der Waals surface area (Å²) >= 11 is 4.88. The highest BCUT2D eigenvalue weighted by Gasteiger charge is 2.30. The van der Waals surface area contributed by atoms with Crippen LogP contribution in [0.4, 0.5) is 22.2 Å². The minimum absolute atomic E-state index is 0.0622. The van der Waals surface area contributed by atoms with Crippen LogP contribution in [0.2, 0.25) is 0 Å². The predicted molar refractivity (Wildman–Crippen MR) is 122 cm³/mol. The van der Waals surface area contributed by atoms with Crippen LogP contribution in [0.15, 0.2) is 46.8 Å². The number of piperazine rings is 1. The van der Waals surface area contributed by atoms with Gasteiger partial charge in [0.1, 0.15) is 16.5 Å². The van der Waals surface area contributed by atoms with Crippen molar-refractivity contribution in [2.24, 2.45) is 0 Å². The number of nitrogens with one attached hydrogen (secondary N) is 1. The molecule has 14 heteroatoms. The summed E-state index contributed by atoms with van der Waals surface area (Å²) in [5.41, 5.74) is 0.569. The van der Waals surface area contributed by atoms with Crippen molar-refractivity contribution < 1.29 is 28.4 Å². The molecule has 2 aliphatic rings. The van der Waals surface area contributed by atoms with Gasteiger partial charge in [0.25, 0.3) is 11.1 Å². The molecule has 0 spiro atoms. The molecular weight excluding hydrogens is 468 g/mol. The van der Waals surface area contributed by atoms with E-state index in [0.29, 0.717) is 43.4 Å². The third-order valence-electron chi connectivity index (χ3n) is 5.21. The Bertz CT molecular complexity index is 1140. The zero-order chi connectivity index (χ0) is 24.2. The zero-order valence-corrected chi connectivity index (χ0v) is 18.8. The van der Waals surface area contributed by atoms with E-state index >= 15 is 0 Å². The van der Waals surface area contributed by atoms with E-state index < -0.39 is 22.8 Å². The van der Waals surface area contributed by atoms with Crippen molar-refractivity contribution in [1.29, 1.82) is 0 Å². The van der Waals surface area contributed by atoms with Crippen LogP contribution in [0, 0.1) is 10.1 Å². The van der Waals surface area contributed by atoms with Gasteiger partial charge in [-0.2, -0.15) is 0 Å². The molecular formula is C20H20N6O7S. The number of hydrogen-bond acceptors (Lipinski definition) is 10. The number of rotatable bonds is 5. The number of cyclic esters (lactones) is 1. The maximum absolute atomic E-state index is 12.5. The maximum Gasteiger partial charge on any atom is 0.433 e. The molecule has 0 radical (unpaired) electrons. The Morgan fingerprint density at radius 2 is 2.03 bits per heavy atom. The first-order chi connectivity index (χ1) is 16.4. The highest BCUT2D eigenvalue weighted by molar-refractivity contribution is 7.80. The summed E-state index contributed by atoms with van der Waals surface area (Å²) in [6.07, 6.45) is 2.51. The lowest BCUT2D eigenvalue weighted by Gasteiger charge is -2.35. The number of nitro groups is 1. The van der Waals surface area contributed by atoms with E-state index in [1.807, 2.05) is 4.90 Å². The SMILES string of the molecule is COC(=S)N/C=C1/CN(c2ccc(N3CCN(C(=O)c4ccc([N+](=O)[O-])o4)CC3)nc2)C(=O)O1. The van der Waals surface area contributed by atoms with Crippen LogP contribution >= 0.6 is 12.2 Å². The normalized spacial score (nSPS) is 17.0. The van der Waals surface area contributed by atoms with E-state index in [4.69, 9.17) is 26.1 Å². The highest BCUT2D eigenvalue weighted by Crippen LogP contribution is 2.25. The summed E-state index contributed by atoms with van der Waals surface area (Å²) in [6, 6.07) is 6.02. The van der Waals surface area contributed by atoms with Crippen molar-refractivity contribution in [2.75, 3.05) is 49.6 Å². The number of anilines is 2.